The number of nitrogens with one attached hydrogen (secondary N) is 1. The van der Waals surface area contributed by atoms with E-state index in [0.29, 0.717) is 5.69 Å². The van der Waals surface area contributed by atoms with E-state index in [1.165, 1.54) is 23.1 Å². The highest BCUT2D eigenvalue weighted by Crippen LogP contribution is 2.34. The van der Waals surface area contributed by atoms with Crippen molar-refractivity contribution in [2.24, 2.45) is 0 Å². The minimum atomic E-state index is -4.60. The zero-order valence-corrected chi connectivity index (χ0v) is 16.0. The van der Waals surface area contributed by atoms with Crippen molar-refractivity contribution in [2.45, 2.75) is 18.8 Å². The van der Waals surface area contributed by atoms with Crippen molar-refractivity contribution >= 4 is 11.7 Å². The summed E-state index contributed by atoms with van der Waals surface area (Å²) in [6.07, 6.45) is -6.11. The van der Waals surface area contributed by atoms with E-state index in [4.69, 9.17) is 0 Å². The third-order valence-electron chi connectivity index (χ3n) is 4.55. The number of urea groups is 1. The van der Waals surface area contributed by atoms with Crippen LogP contribution in [-0.2, 0) is 12.7 Å². The number of alkyl halides is 3. The molecular formula is C23H21F3N2O2. The van der Waals surface area contributed by atoms with E-state index in [-0.39, 0.29) is 18.7 Å². The van der Waals surface area contributed by atoms with Gasteiger partial charge in [0.1, 0.15) is 0 Å². The predicted octanol–water partition coefficient (Wildman–Crippen LogP) is 5.47. The Balaban J connectivity index is 1.84. The molecule has 0 saturated carbocycles. The van der Waals surface area contributed by atoms with Crippen molar-refractivity contribution in [3.63, 3.8) is 0 Å². The number of benzene rings is 3. The first-order valence-electron chi connectivity index (χ1n) is 9.33. The molecule has 2 amide bonds. The second-order valence-electron chi connectivity index (χ2n) is 6.76. The highest BCUT2D eigenvalue weighted by Gasteiger charge is 2.35. The van der Waals surface area contributed by atoms with Crippen LogP contribution in [0.2, 0.25) is 0 Å². The Hall–Kier alpha value is -3.32. The maximum absolute atomic E-state index is 13.3. The van der Waals surface area contributed by atoms with Crippen molar-refractivity contribution < 1.29 is 23.1 Å². The van der Waals surface area contributed by atoms with Crippen LogP contribution in [0, 0.1) is 0 Å². The van der Waals surface area contributed by atoms with Gasteiger partial charge in [-0.05, 0) is 29.3 Å². The highest BCUT2D eigenvalue weighted by molar-refractivity contribution is 5.89. The SMILES string of the molecule is O=C(Nc1ccccc1)N(Cc1ccccc1)C[C@H](O)c1ccccc1C(F)(F)F. The number of carbonyl (C=O) groups excluding carboxylic acids is 1. The summed E-state index contributed by atoms with van der Waals surface area (Å²) < 4.78 is 40.0. The van der Waals surface area contributed by atoms with Gasteiger partial charge in [0.15, 0.2) is 0 Å². The molecule has 30 heavy (non-hydrogen) atoms. The first-order valence-corrected chi connectivity index (χ1v) is 9.33. The molecule has 3 aromatic carbocycles. The van der Waals surface area contributed by atoms with Crippen molar-refractivity contribution in [1.82, 2.24) is 4.90 Å². The Morgan fingerprint density at radius 3 is 2.10 bits per heavy atom. The normalized spacial score (nSPS) is 12.3. The number of aliphatic hydroxyl groups is 1. The topological polar surface area (TPSA) is 52.6 Å². The first kappa shape index (κ1) is 21.4. The second-order valence-corrected chi connectivity index (χ2v) is 6.76. The third-order valence-corrected chi connectivity index (χ3v) is 4.55. The summed E-state index contributed by atoms with van der Waals surface area (Å²) in [6, 6.07) is 22.1. The molecule has 4 nitrogen and oxygen atoms in total. The zero-order chi connectivity index (χ0) is 21.6. The number of halogens is 3. The van der Waals surface area contributed by atoms with Gasteiger partial charge in [0, 0.05) is 12.2 Å². The predicted molar refractivity (Wildman–Crippen MR) is 109 cm³/mol. The van der Waals surface area contributed by atoms with E-state index in [1.54, 1.807) is 54.6 Å². The quantitative estimate of drug-likeness (QED) is 0.562. The van der Waals surface area contributed by atoms with Crippen molar-refractivity contribution in [2.75, 3.05) is 11.9 Å². The van der Waals surface area contributed by atoms with Crippen LogP contribution in [0.3, 0.4) is 0 Å². The van der Waals surface area contributed by atoms with E-state index in [1.807, 2.05) is 6.07 Å². The fraction of sp³-hybridized carbons (Fsp3) is 0.174. The van der Waals surface area contributed by atoms with Crippen molar-refractivity contribution in [1.29, 1.82) is 0 Å². The number of carbonyl (C=O) groups is 1. The van der Waals surface area contributed by atoms with Gasteiger partial charge in [-0.25, -0.2) is 4.79 Å². The van der Waals surface area contributed by atoms with E-state index in [2.05, 4.69) is 5.32 Å². The monoisotopic (exact) mass is 414 g/mol. The van der Waals surface area contributed by atoms with Crippen LogP contribution in [0.5, 0.6) is 0 Å². The molecule has 0 radical (unpaired) electrons. The molecule has 0 aliphatic carbocycles. The molecule has 0 spiro atoms. The molecule has 0 saturated heterocycles. The molecule has 1 atom stereocenters. The maximum Gasteiger partial charge on any atom is 0.416 e. The summed E-state index contributed by atoms with van der Waals surface area (Å²) in [5, 5.41) is 13.3. The summed E-state index contributed by atoms with van der Waals surface area (Å²) in [5.41, 5.74) is 0.152. The van der Waals surface area contributed by atoms with Gasteiger partial charge in [0.05, 0.1) is 18.2 Å². The standard InChI is InChI=1S/C23H21F3N2O2/c24-23(25,26)20-14-8-7-13-19(20)21(29)16-28(15-17-9-3-1-4-10-17)22(30)27-18-11-5-2-6-12-18/h1-14,21,29H,15-16H2,(H,27,30)/t21-/m0/s1. The van der Waals surface area contributed by atoms with Crippen LogP contribution < -0.4 is 5.32 Å². The molecule has 2 N–H and O–H groups in total. The Kier molecular flexibility index (Phi) is 6.74. The molecule has 0 unspecified atom stereocenters. The Bertz CT molecular complexity index is 963. The fourth-order valence-corrected chi connectivity index (χ4v) is 3.10. The van der Waals surface area contributed by atoms with Crippen LogP contribution in [-0.4, -0.2) is 22.6 Å². The first-order chi connectivity index (χ1) is 14.3. The maximum atomic E-state index is 13.3. The molecule has 0 heterocycles. The zero-order valence-electron chi connectivity index (χ0n) is 16.0. The summed E-state index contributed by atoms with van der Waals surface area (Å²) in [5.74, 6) is 0. The number of rotatable bonds is 6. The number of hydrogen-bond donors (Lipinski definition) is 2. The number of para-hydroxylation sites is 1. The lowest BCUT2D eigenvalue weighted by atomic mass is 10.0. The number of hydrogen-bond acceptors (Lipinski definition) is 2. The Morgan fingerprint density at radius 2 is 1.47 bits per heavy atom. The van der Waals surface area contributed by atoms with Gasteiger partial charge in [0.25, 0.3) is 0 Å². The number of nitrogens with zero attached hydrogens (tertiary/aromatic N) is 1. The smallest absolute Gasteiger partial charge is 0.387 e. The molecule has 3 aromatic rings. The van der Waals surface area contributed by atoms with E-state index in [9.17, 15) is 23.1 Å². The molecule has 7 heteroatoms. The largest absolute Gasteiger partial charge is 0.416 e. The van der Waals surface area contributed by atoms with Crippen molar-refractivity contribution in [3.8, 4) is 0 Å². The summed E-state index contributed by atoms with van der Waals surface area (Å²) in [6.45, 7) is -0.175. The van der Waals surface area contributed by atoms with Gasteiger partial charge >= 0.3 is 12.2 Å². The average molecular weight is 414 g/mol. The lowest BCUT2D eigenvalue weighted by Crippen LogP contribution is -2.37. The van der Waals surface area contributed by atoms with Gasteiger partial charge in [0.2, 0.25) is 0 Å². The van der Waals surface area contributed by atoms with Crippen LogP contribution in [0.15, 0.2) is 84.9 Å². The lowest BCUT2D eigenvalue weighted by Gasteiger charge is -2.27. The van der Waals surface area contributed by atoms with Crippen molar-refractivity contribution in [3.05, 3.63) is 102 Å². The summed E-state index contributed by atoms with van der Waals surface area (Å²) in [4.78, 5) is 14.1. The molecule has 0 aromatic heterocycles. The van der Waals surface area contributed by atoms with Crippen LogP contribution in [0.25, 0.3) is 0 Å². The Morgan fingerprint density at radius 1 is 0.900 bits per heavy atom. The van der Waals surface area contributed by atoms with E-state index < -0.39 is 23.9 Å². The number of aliphatic hydroxyl groups excluding tert-OH is 1. The molecular weight excluding hydrogens is 393 g/mol. The van der Waals surface area contributed by atoms with Gasteiger partial charge < -0.3 is 15.3 Å². The number of amides is 2. The van der Waals surface area contributed by atoms with Crippen LogP contribution >= 0.6 is 0 Å². The lowest BCUT2D eigenvalue weighted by molar-refractivity contribution is -0.139. The Labute approximate surface area is 172 Å². The second kappa shape index (κ2) is 9.45. The highest BCUT2D eigenvalue weighted by atomic mass is 19.4. The van der Waals surface area contributed by atoms with Gasteiger partial charge in [-0.2, -0.15) is 13.2 Å². The van der Waals surface area contributed by atoms with Gasteiger partial charge in [-0.15, -0.1) is 0 Å². The van der Waals surface area contributed by atoms with Crippen LogP contribution in [0.1, 0.15) is 22.8 Å². The molecule has 0 aliphatic rings. The average Bonchev–Trinajstić information content (AvgIpc) is 2.74. The van der Waals surface area contributed by atoms with Gasteiger partial charge in [-0.3, -0.25) is 0 Å². The molecule has 0 bridgehead atoms. The third kappa shape index (κ3) is 5.61. The molecule has 156 valence electrons. The molecule has 0 aliphatic heterocycles. The fourth-order valence-electron chi connectivity index (χ4n) is 3.10. The summed E-state index contributed by atoms with van der Waals surface area (Å²) in [7, 11) is 0. The minimum absolute atomic E-state index is 0.130. The van der Waals surface area contributed by atoms with Crippen LogP contribution in [0.4, 0.5) is 23.7 Å². The van der Waals surface area contributed by atoms with E-state index >= 15 is 0 Å². The van der Waals surface area contributed by atoms with Gasteiger partial charge in [-0.1, -0.05) is 66.7 Å². The summed E-state index contributed by atoms with van der Waals surface area (Å²) >= 11 is 0. The molecule has 3 rings (SSSR count). The van der Waals surface area contributed by atoms with E-state index in [0.717, 1.165) is 11.6 Å². The minimum Gasteiger partial charge on any atom is -0.387 e. The molecule has 0 fully saturated rings. The number of anilines is 1.